The Hall–Kier alpha value is -1.63. The van der Waals surface area contributed by atoms with Crippen LogP contribution in [0.3, 0.4) is 0 Å². The largest absolute Gasteiger partial charge is 0.417 e. The Balaban J connectivity index is 1.77. The highest BCUT2D eigenvalue weighted by molar-refractivity contribution is 6.74. The van der Waals surface area contributed by atoms with Crippen LogP contribution < -0.4 is 0 Å². The molecule has 0 unspecified atom stereocenters. The van der Waals surface area contributed by atoms with Gasteiger partial charge in [0.05, 0.1) is 5.56 Å². The first-order valence-corrected chi connectivity index (χ1v) is 12.7. The summed E-state index contributed by atoms with van der Waals surface area (Å²) >= 11 is 0. The number of rotatable bonds is 8. The molecule has 0 aromatic heterocycles. The third-order valence-corrected chi connectivity index (χ3v) is 10.3. The Morgan fingerprint density at radius 3 is 2.35 bits per heavy atom. The molecular formula is C23H33NOSi. The minimum atomic E-state index is -1.60. The van der Waals surface area contributed by atoms with E-state index in [-0.39, 0.29) is 5.04 Å². The molecule has 0 saturated carbocycles. The first-order chi connectivity index (χ1) is 12.3. The van der Waals surface area contributed by atoms with Gasteiger partial charge in [0.1, 0.15) is 6.07 Å². The number of hydrogen-bond donors (Lipinski definition) is 0. The van der Waals surface area contributed by atoms with Crippen molar-refractivity contribution in [3.63, 3.8) is 0 Å². The average Bonchev–Trinajstić information content (AvgIpc) is 2.59. The molecule has 0 spiro atoms. The molecule has 3 heteroatoms. The van der Waals surface area contributed by atoms with E-state index < -0.39 is 8.32 Å². The van der Waals surface area contributed by atoms with Crippen molar-refractivity contribution in [3.8, 4) is 6.07 Å². The van der Waals surface area contributed by atoms with Gasteiger partial charge in [-0.25, -0.2) is 0 Å². The summed E-state index contributed by atoms with van der Waals surface area (Å²) in [5, 5.41) is 12.1. The van der Waals surface area contributed by atoms with Crippen LogP contribution in [0.4, 0.5) is 0 Å². The van der Waals surface area contributed by atoms with Gasteiger partial charge in [0.25, 0.3) is 0 Å². The van der Waals surface area contributed by atoms with Gasteiger partial charge in [-0.1, -0.05) is 70.0 Å². The zero-order chi connectivity index (χ0) is 19.2. The lowest BCUT2D eigenvalue weighted by molar-refractivity contribution is 0.277. The molecule has 0 aliphatic carbocycles. The highest BCUT2D eigenvalue weighted by Crippen LogP contribution is 2.36. The van der Waals surface area contributed by atoms with Crippen molar-refractivity contribution in [3.05, 3.63) is 47.5 Å². The van der Waals surface area contributed by atoms with Crippen LogP contribution in [-0.2, 0) is 10.8 Å². The molecule has 2 aromatic rings. The molecule has 140 valence electrons. The van der Waals surface area contributed by atoms with E-state index in [9.17, 15) is 5.26 Å². The second kappa shape index (κ2) is 8.84. The van der Waals surface area contributed by atoms with Gasteiger partial charge >= 0.3 is 0 Å². The SMILES string of the molecule is CC(C)(C)[Si](C)(C)OCCCCCCc1ccc2ccccc2c1C#N. The summed E-state index contributed by atoms with van der Waals surface area (Å²) in [6.07, 6.45) is 5.64. The Bertz CT molecular complexity index is 768. The Kier molecular flexibility index (Phi) is 7.03. The summed E-state index contributed by atoms with van der Waals surface area (Å²) in [6, 6.07) is 14.8. The molecular weight excluding hydrogens is 334 g/mol. The number of nitrogens with zero attached hydrogens (tertiary/aromatic N) is 1. The molecule has 2 rings (SSSR count). The van der Waals surface area contributed by atoms with Crippen LogP contribution in [0.15, 0.2) is 36.4 Å². The van der Waals surface area contributed by atoms with Gasteiger partial charge in [0.15, 0.2) is 8.32 Å². The third kappa shape index (κ3) is 5.19. The maximum absolute atomic E-state index is 9.57. The van der Waals surface area contributed by atoms with E-state index in [1.54, 1.807) is 0 Å². The number of unbranched alkanes of at least 4 members (excludes halogenated alkanes) is 3. The summed E-state index contributed by atoms with van der Waals surface area (Å²) in [5.74, 6) is 0. The van der Waals surface area contributed by atoms with Crippen LogP contribution in [0.1, 0.15) is 57.6 Å². The number of nitriles is 1. The molecule has 0 aliphatic rings. The van der Waals surface area contributed by atoms with Crippen LogP contribution in [0.2, 0.25) is 18.1 Å². The third-order valence-electron chi connectivity index (χ3n) is 5.74. The second-order valence-corrected chi connectivity index (χ2v) is 13.5. The fourth-order valence-electron chi connectivity index (χ4n) is 2.97. The molecule has 2 nitrogen and oxygen atoms in total. The van der Waals surface area contributed by atoms with Gasteiger partial charge in [-0.3, -0.25) is 0 Å². The molecule has 0 fully saturated rings. The minimum Gasteiger partial charge on any atom is -0.417 e. The van der Waals surface area contributed by atoms with Gasteiger partial charge in [-0.2, -0.15) is 5.26 Å². The van der Waals surface area contributed by atoms with Crippen molar-refractivity contribution in [1.29, 1.82) is 5.26 Å². The number of fused-ring (bicyclic) bond motifs is 1. The zero-order valence-electron chi connectivity index (χ0n) is 17.1. The lowest BCUT2D eigenvalue weighted by atomic mass is 9.96. The normalized spacial score (nSPS) is 12.3. The maximum Gasteiger partial charge on any atom is 0.191 e. The zero-order valence-corrected chi connectivity index (χ0v) is 18.1. The standard InChI is InChI=1S/C23H33NOSi/c1-23(2,3)26(4,5)25-17-11-7-6-8-12-20-16-15-19-13-9-10-14-21(19)22(20)18-24/h9-10,13-16H,6-8,11-12,17H2,1-5H3. The van der Waals surface area contributed by atoms with Gasteiger partial charge in [0.2, 0.25) is 0 Å². The quantitative estimate of drug-likeness (QED) is 0.378. The average molecular weight is 368 g/mol. The lowest BCUT2D eigenvalue weighted by Crippen LogP contribution is -2.40. The van der Waals surface area contributed by atoms with E-state index in [4.69, 9.17) is 4.43 Å². The predicted octanol–water partition coefficient (Wildman–Crippen LogP) is 6.84. The van der Waals surface area contributed by atoms with E-state index in [1.807, 2.05) is 12.1 Å². The second-order valence-electron chi connectivity index (χ2n) is 8.71. The monoisotopic (exact) mass is 367 g/mol. The van der Waals surface area contributed by atoms with Crippen molar-refractivity contribution in [1.82, 2.24) is 0 Å². The molecule has 26 heavy (non-hydrogen) atoms. The molecule has 0 N–H and O–H groups in total. The fraction of sp³-hybridized carbons (Fsp3) is 0.522. The van der Waals surface area contributed by atoms with E-state index >= 15 is 0 Å². The molecule has 0 radical (unpaired) electrons. The number of benzene rings is 2. The van der Waals surface area contributed by atoms with Crippen molar-refractivity contribution in [2.24, 2.45) is 0 Å². The van der Waals surface area contributed by atoms with E-state index in [1.165, 1.54) is 18.4 Å². The first-order valence-electron chi connectivity index (χ1n) is 9.81. The van der Waals surface area contributed by atoms with Crippen LogP contribution in [-0.4, -0.2) is 14.9 Å². The van der Waals surface area contributed by atoms with Crippen LogP contribution in [0.25, 0.3) is 10.8 Å². The summed E-state index contributed by atoms with van der Waals surface area (Å²) < 4.78 is 6.24. The van der Waals surface area contributed by atoms with Crippen molar-refractivity contribution in [2.45, 2.75) is 71.0 Å². The molecule has 0 saturated heterocycles. The van der Waals surface area contributed by atoms with Gasteiger partial charge in [-0.05, 0) is 53.7 Å². The van der Waals surface area contributed by atoms with E-state index in [0.29, 0.717) is 0 Å². The number of aryl methyl sites for hydroxylation is 1. The van der Waals surface area contributed by atoms with Crippen LogP contribution in [0, 0.1) is 11.3 Å². The Labute approximate surface area is 160 Å². The highest BCUT2D eigenvalue weighted by Gasteiger charge is 2.36. The molecule has 0 amide bonds. The summed E-state index contributed by atoms with van der Waals surface area (Å²) in [6.45, 7) is 12.4. The van der Waals surface area contributed by atoms with Crippen molar-refractivity contribution < 1.29 is 4.43 Å². The van der Waals surface area contributed by atoms with Gasteiger partial charge < -0.3 is 4.43 Å². The van der Waals surface area contributed by atoms with Crippen molar-refractivity contribution >= 4 is 19.1 Å². The lowest BCUT2D eigenvalue weighted by Gasteiger charge is -2.36. The first kappa shape index (κ1) is 20.7. The molecule has 0 heterocycles. The van der Waals surface area contributed by atoms with Crippen LogP contribution >= 0.6 is 0 Å². The van der Waals surface area contributed by atoms with Gasteiger partial charge in [-0.15, -0.1) is 0 Å². The minimum absolute atomic E-state index is 0.288. The maximum atomic E-state index is 9.57. The number of hydrogen-bond acceptors (Lipinski definition) is 2. The Morgan fingerprint density at radius 2 is 1.65 bits per heavy atom. The molecule has 2 aromatic carbocycles. The molecule has 0 bridgehead atoms. The van der Waals surface area contributed by atoms with Gasteiger partial charge in [0, 0.05) is 6.61 Å². The fourth-order valence-corrected chi connectivity index (χ4v) is 4.06. The van der Waals surface area contributed by atoms with E-state index in [2.05, 4.69) is 64.2 Å². The summed E-state index contributed by atoms with van der Waals surface area (Å²) in [4.78, 5) is 0. The van der Waals surface area contributed by atoms with E-state index in [0.717, 1.165) is 42.2 Å². The molecule has 0 atom stereocenters. The molecule has 0 aliphatic heterocycles. The highest BCUT2D eigenvalue weighted by atomic mass is 28.4. The smallest absolute Gasteiger partial charge is 0.191 e. The van der Waals surface area contributed by atoms with Crippen molar-refractivity contribution in [2.75, 3.05) is 6.61 Å². The summed E-state index contributed by atoms with van der Waals surface area (Å²) in [5.41, 5.74) is 2.04. The predicted molar refractivity (Wildman–Crippen MR) is 114 cm³/mol. The van der Waals surface area contributed by atoms with Crippen LogP contribution in [0.5, 0.6) is 0 Å². The Morgan fingerprint density at radius 1 is 0.962 bits per heavy atom. The summed E-state index contributed by atoms with van der Waals surface area (Å²) in [7, 11) is -1.60. The topological polar surface area (TPSA) is 33.0 Å².